The molecule has 1 heterocycles. The first kappa shape index (κ1) is 23.5. The molecule has 1 atom stereocenters. The van der Waals surface area contributed by atoms with E-state index in [2.05, 4.69) is 10.6 Å². The Kier molecular flexibility index (Phi) is 7.08. The summed E-state index contributed by atoms with van der Waals surface area (Å²) in [7, 11) is 0. The highest BCUT2D eigenvalue weighted by molar-refractivity contribution is 6.04. The maximum Gasteiger partial charge on any atom is 0.262 e. The molecule has 2 N–H and O–H groups in total. The summed E-state index contributed by atoms with van der Waals surface area (Å²) >= 11 is 0. The normalized spacial score (nSPS) is 12.1. The van der Waals surface area contributed by atoms with Crippen LogP contribution in [0.3, 0.4) is 0 Å². The monoisotopic (exact) mass is 462 g/mol. The van der Waals surface area contributed by atoms with E-state index in [1.54, 1.807) is 12.3 Å². The van der Waals surface area contributed by atoms with Crippen LogP contribution in [0.1, 0.15) is 29.7 Å². The van der Waals surface area contributed by atoms with Gasteiger partial charge in [-0.3, -0.25) is 9.59 Å². The number of nitrogens with one attached hydrogen (secondary N) is 2. The van der Waals surface area contributed by atoms with Crippen molar-refractivity contribution >= 4 is 34.5 Å². The van der Waals surface area contributed by atoms with Gasteiger partial charge in [-0.2, -0.15) is 5.26 Å². The third kappa shape index (κ3) is 5.66. The Morgan fingerprint density at radius 3 is 2.40 bits per heavy atom. The van der Waals surface area contributed by atoms with Crippen molar-refractivity contribution < 1.29 is 9.59 Å². The van der Waals surface area contributed by atoms with E-state index in [0.717, 1.165) is 27.7 Å². The van der Waals surface area contributed by atoms with Gasteiger partial charge in [-0.25, -0.2) is 0 Å². The molecular formula is C29H26N4O2. The number of nitrogens with zero attached hydrogens (tertiary/aromatic N) is 2. The topological polar surface area (TPSA) is 86.9 Å². The van der Waals surface area contributed by atoms with Crippen molar-refractivity contribution in [1.29, 1.82) is 5.26 Å². The first-order valence-electron chi connectivity index (χ1n) is 11.4. The van der Waals surface area contributed by atoms with Gasteiger partial charge < -0.3 is 15.2 Å². The van der Waals surface area contributed by atoms with Gasteiger partial charge in [-0.05, 0) is 43.7 Å². The second-order valence-corrected chi connectivity index (χ2v) is 8.42. The minimum Gasteiger partial charge on any atom is -0.345 e. The van der Waals surface area contributed by atoms with Gasteiger partial charge in [-0.15, -0.1) is 0 Å². The van der Waals surface area contributed by atoms with Crippen molar-refractivity contribution in [2.24, 2.45) is 0 Å². The lowest BCUT2D eigenvalue weighted by atomic mass is 10.1. The first-order chi connectivity index (χ1) is 16.9. The van der Waals surface area contributed by atoms with Crippen molar-refractivity contribution in [3.8, 4) is 6.07 Å². The van der Waals surface area contributed by atoms with Crippen LogP contribution in [-0.4, -0.2) is 16.4 Å². The maximum atomic E-state index is 12.8. The maximum absolute atomic E-state index is 12.8. The molecular weight excluding hydrogens is 436 g/mol. The molecule has 6 nitrogen and oxygen atoms in total. The number of fused-ring (bicyclic) bond motifs is 1. The van der Waals surface area contributed by atoms with Crippen LogP contribution in [0, 0.1) is 18.3 Å². The minimum absolute atomic E-state index is 0.000193. The molecule has 0 unspecified atom stereocenters. The molecule has 0 aliphatic heterocycles. The quantitative estimate of drug-likeness (QED) is 0.286. The second kappa shape index (κ2) is 10.5. The molecule has 4 rings (SSSR count). The van der Waals surface area contributed by atoms with Crippen LogP contribution in [0.2, 0.25) is 0 Å². The standard InChI is InChI=1S/C29H26N4O2/c1-20-12-14-25(15-13-20)32-28(34)19-33-18-24(26-10-6-7-11-27(26)33)16-23(17-30)29(35)31-21(2)22-8-4-3-5-9-22/h3-16,18,21H,19H2,1-2H3,(H,31,35)(H,32,34)/b23-16-/t21-/m1/s1. The third-order valence-corrected chi connectivity index (χ3v) is 5.78. The summed E-state index contributed by atoms with van der Waals surface area (Å²) in [5.74, 6) is -0.613. The molecule has 0 saturated carbocycles. The van der Waals surface area contributed by atoms with Crippen LogP contribution in [0.4, 0.5) is 5.69 Å². The van der Waals surface area contributed by atoms with E-state index in [4.69, 9.17) is 0 Å². The zero-order valence-electron chi connectivity index (χ0n) is 19.7. The number of amides is 2. The average Bonchev–Trinajstić information content (AvgIpc) is 3.21. The summed E-state index contributed by atoms with van der Waals surface area (Å²) in [6.45, 7) is 3.97. The number of para-hydroxylation sites is 1. The molecule has 0 aliphatic carbocycles. The van der Waals surface area contributed by atoms with Gasteiger partial charge in [0, 0.05) is 28.4 Å². The van der Waals surface area contributed by atoms with Gasteiger partial charge in [0.05, 0.1) is 6.04 Å². The summed E-state index contributed by atoms with van der Waals surface area (Å²) in [5, 5.41) is 16.3. The van der Waals surface area contributed by atoms with Crippen molar-refractivity contribution in [3.63, 3.8) is 0 Å². The van der Waals surface area contributed by atoms with Crippen LogP contribution in [0.5, 0.6) is 0 Å². The Hall–Kier alpha value is -4.63. The Labute approximate surface area is 204 Å². The van der Waals surface area contributed by atoms with E-state index in [1.807, 2.05) is 103 Å². The summed E-state index contributed by atoms with van der Waals surface area (Å²) in [6, 6.07) is 26.6. The highest BCUT2D eigenvalue weighted by atomic mass is 16.2. The van der Waals surface area contributed by atoms with Crippen LogP contribution < -0.4 is 10.6 Å². The molecule has 0 fully saturated rings. The van der Waals surface area contributed by atoms with E-state index in [9.17, 15) is 14.9 Å². The lowest BCUT2D eigenvalue weighted by molar-refractivity contribution is -0.118. The van der Waals surface area contributed by atoms with Crippen molar-refractivity contribution in [3.05, 3.63) is 107 Å². The highest BCUT2D eigenvalue weighted by Gasteiger charge is 2.16. The summed E-state index contributed by atoms with van der Waals surface area (Å²) in [4.78, 5) is 25.5. The van der Waals surface area contributed by atoms with Crippen molar-refractivity contribution in [1.82, 2.24) is 9.88 Å². The molecule has 174 valence electrons. The van der Waals surface area contributed by atoms with Gasteiger partial charge >= 0.3 is 0 Å². The Balaban J connectivity index is 1.56. The van der Waals surface area contributed by atoms with Gasteiger partial charge in [0.1, 0.15) is 18.2 Å². The summed E-state index contributed by atoms with van der Waals surface area (Å²) < 4.78 is 1.82. The molecule has 2 amide bonds. The fourth-order valence-electron chi connectivity index (χ4n) is 3.92. The van der Waals surface area contributed by atoms with Crippen LogP contribution in [-0.2, 0) is 16.1 Å². The molecule has 0 aliphatic rings. The van der Waals surface area contributed by atoms with Crippen LogP contribution in [0.25, 0.3) is 17.0 Å². The molecule has 6 heteroatoms. The number of anilines is 1. The smallest absolute Gasteiger partial charge is 0.262 e. The Morgan fingerprint density at radius 1 is 1.00 bits per heavy atom. The minimum atomic E-state index is -0.446. The van der Waals surface area contributed by atoms with E-state index in [-0.39, 0.29) is 24.1 Å². The molecule has 1 aromatic heterocycles. The van der Waals surface area contributed by atoms with E-state index in [1.165, 1.54) is 0 Å². The SMILES string of the molecule is Cc1ccc(NC(=O)Cn2cc(/C=C(/C#N)C(=O)N[C@H](C)c3ccccc3)c3ccccc32)cc1. The number of rotatable bonds is 7. The largest absolute Gasteiger partial charge is 0.345 e. The predicted molar refractivity (Wildman–Crippen MR) is 138 cm³/mol. The van der Waals surface area contributed by atoms with E-state index >= 15 is 0 Å². The first-order valence-corrected chi connectivity index (χ1v) is 11.4. The van der Waals surface area contributed by atoms with E-state index < -0.39 is 5.91 Å². The average molecular weight is 463 g/mol. The van der Waals surface area contributed by atoms with Crippen molar-refractivity contribution in [2.45, 2.75) is 26.4 Å². The molecule has 0 radical (unpaired) electrons. The number of carbonyl (C=O) groups excluding carboxylic acids is 2. The van der Waals surface area contributed by atoms with Crippen LogP contribution in [0.15, 0.2) is 90.6 Å². The summed E-state index contributed by atoms with van der Waals surface area (Å²) in [5.41, 5.74) is 4.34. The fraction of sp³-hybridized carbons (Fsp3) is 0.138. The number of aryl methyl sites for hydroxylation is 1. The molecule has 35 heavy (non-hydrogen) atoms. The van der Waals surface area contributed by atoms with Crippen LogP contribution >= 0.6 is 0 Å². The van der Waals surface area contributed by atoms with Gasteiger partial charge in [0.15, 0.2) is 0 Å². The number of carbonyl (C=O) groups is 2. The zero-order valence-corrected chi connectivity index (χ0v) is 19.7. The van der Waals surface area contributed by atoms with Crippen molar-refractivity contribution in [2.75, 3.05) is 5.32 Å². The molecule has 0 saturated heterocycles. The van der Waals surface area contributed by atoms with E-state index in [0.29, 0.717) is 5.56 Å². The number of benzene rings is 3. The zero-order chi connectivity index (χ0) is 24.8. The molecule has 3 aromatic carbocycles. The highest BCUT2D eigenvalue weighted by Crippen LogP contribution is 2.24. The number of hydrogen-bond donors (Lipinski definition) is 2. The van der Waals surface area contributed by atoms with Gasteiger partial charge in [0.2, 0.25) is 5.91 Å². The molecule has 0 spiro atoms. The van der Waals surface area contributed by atoms with Gasteiger partial charge in [0.25, 0.3) is 5.91 Å². The lowest BCUT2D eigenvalue weighted by Crippen LogP contribution is -2.27. The Bertz CT molecular complexity index is 1430. The summed E-state index contributed by atoms with van der Waals surface area (Å²) in [6.07, 6.45) is 3.37. The number of hydrogen-bond acceptors (Lipinski definition) is 3. The fourth-order valence-corrected chi connectivity index (χ4v) is 3.92. The number of aromatic nitrogens is 1. The number of nitriles is 1. The Morgan fingerprint density at radius 2 is 1.69 bits per heavy atom. The third-order valence-electron chi connectivity index (χ3n) is 5.78. The second-order valence-electron chi connectivity index (χ2n) is 8.42. The van der Waals surface area contributed by atoms with Gasteiger partial charge in [-0.1, -0.05) is 66.2 Å². The molecule has 0 bridgehead atoms. The predicted octanol–water partition coefficient (Wildman–Crippen LogP) is 5.37. The lowest BCUT2D eigenvalue weighted by Gasteiger charge is -2.13. The molecule has 4 aromatic rings.